The molecule has 0 bridgehead atoms. The summed E-state index contributed by atoms with van der Waals surface area (Å²) < 4.78 is 1.28. The predicted molar refractivity (Wildman–Crippen MR) is 142 cm³/mol. The van der Waals surface area contributed by atoms with Crippen LogP contribution in [0.15, 0.2) is 90.1 Å². The molecule has 0 amide bonds. The van der Waals surface area contributed by atoms with Gasteiger partial charge in [0.1, 0.15) is 0 Å². The largest absolute Gasteiger partial charge is 0.872 e. The van der Waals surface area contributed by atoms with Crippen molar-refractivity contribution in [2.75, 3.05) is 26.2 Å². The summed E-state index contributed by atoms with van der Waals surface area (Å²) in [5.74, 6) is -1.18. The van der Waals surface area contributed by atoms with Gasteiger partial charge in [0, 0.05) is 22.3 Å². The summed E-state index contributed by atoms with van der Waals surface area (Å²) in [7, 11) is 0. The van der Waals surface area contributed by atoms with Crippen LogP contribution in [0.1, 0.15) is 64.3 Å². The van der Waals surface area contributed by atoms with Crippen LogP contribution in [0.4, 0.5) is 0 Å². The number of Topliss-reactive ketones (excluding diaryl/α,β-unsaturated/α-hetero) is 3. The van der Waals surface area contributed by atoms with Gasteiger partial charge in [0.05, 0.1) is 31.8 Å². The van der Waals surface area contributed by atoms with E-state index in [4.69, 9.17) is 0 Å². The van der Waals surface area contributed by atoms with Gasteiger partial charge in [0.25, 0.3) is 0 Å². The highest BCUT2D eigenvalue weighted by Gasteiger charge is 2.31. The Morgan fingerprint density at radius 2 is 1.08 bits per heavy atom. The molecule has 0 saturated heterocycles. The van der Waals surface area contributed by atoms with Gasteiger partial charge >= 0.3 is 0 Å². The quantitative estimate of drug-likeness (QED) is 0.242. The Balaban J connectivity index is 0.000000345. The molecular weight excluding hydrogens is 450 g/mol. The van der Waals surface area contributed by atoms with E-state index in [2.05, 4.69) is 27.7 Å². The lowest BCUT2D eigenvalue weighted by Gasteiger charge is -2.34. The molecular formula is C31H33NO4. The maximum absolute atomic E-state index is 12.3. The highest BCUT2D eigenvalue weighted by atomic mass is 16.3. The Hall–Kier alpha value is -3.83. The van der Waals surface area contributed by atoms with E-state index in [1.165, 1.54) is 42.8 Å². The topological polar surface area (TPSA) is 74.3 Å². The molecule has 0 saturated carbocycles. The Kier molecular flexibility index (Phi) is 8.73. The first-order valence-corrected chi connectivity index (χ1v) is 12.5. The van der Waals surface area contributed by atoms with Crippen molar-refractivity contribution in [3.05, 3.63) is 112 Å². The van der Waals surface area contributed by atoms with Crippen LogP contribution < -0.4 is 5.11 Å². The minimum atomic E-state index is -0.296. The zero-order chi connectivity index (χ0) is 26.3. The number of rotatable bonds is 7. The minimum Gasteiger partial charge on any atom is -0.872 e. The highest BCUT2D eigenvalue weighted by Crippen LogP contribution is 2.29. The van der Waals surface area contributed by atoms with Crippen molar-refractivity contribution in [3.8, 4) is 0 Å². The fourth-order valence-corrected chi connectivity index (χ4v) is 4.56. The summed E-state index contributed by atoms with van der Waals surface area (Å²) in [4.78, 5) is 36.8. The van der Waals surface area contributed by atoms with Crippen molar-refractivity contribution < 1.29 is 24.0 Å². The lowest BCUT2D eigenvalue weighted by Crippen LogP contribution is -2.47. The molecule has 0 unspecified atom stereocenters. The van der Waals surface area contributed by atoms with Gasteiger partial charge in [-0.05, 0) is 39.3 Å². The average Bonchev–Trinajstić information content (AvgIpc) is 3.31. The number of hydrogen-bond donors (Lipinski definition) is 0. The van der Waals surface area contributed by atoms with Crippen molar-refractivity contribution in [3.63, 3.8) is 0 Å². The van der Waals surface area contributed by atoms with Gasteiger partial charge in [0.2, 0.25) is 0 Å². The molecule has 0 aliphatic heterocycles. The molecule has 0 aromatic heterocycles. The smallest absolute Gasteiger partial charge is 0.197 e. The Bertz CT molecular complexity index is 1230. The van der Waals surface area contributed by atoms with Gasteiger partial charge in [0.15, 0.2) is 17.3 Å². The fourth-order valence-electron chi connectivity index (χ4n) is 4.56. The Labute approximate surface area is 213 Å². The van der Waals surface area contributed by atoms with E-state index in [0.29, 0.717) is 22.3 Å². The summed E-state index contributed by atoms with van der Waals surface area (Å²) in [6.07, 6.45) is 7.57. The number of carbonyl (C=O) groups excluding carboxylic acids is 3. The van der Waals surface area contributed by atoms with Crippen LogP contribution in [-0.4, -0.2) is 48.0 Å². The third-order valence-electron chi connectivity index (χ3n) is 7.24. The zero-order valence-electron chi connectivity index (χ0n) is 21.4. The van der Waals surface area contributed by atoms with E-state index in [1.54, 1.807) is 66.8 Å². The summed E-state index contributed by atoms with van der Waals surface area (Å²) in [5, 5.41) is 12.3. The molecule has 2 aromatic rings. The SMILES string of the molecule is CC[N+](CC)(CC)CC.O=C1C(=C/C=C/C=C/C2=C([O-])c3ccccc3C2=O)C(=O)c2ccccc21. The first kappa shape index (κ1) is 26.8. The standard InChI is InChI=1S/C23H14O4.C8H20N/c24-20-14-8-4-5-9-15(14)21(25)18(20)12-2-1-3-13-19-22(26)16-10-6-7-11-17(16)23(19)27;1-5-9(6-2,7-3)8-4/h1-13,24H;5-8H2,1-4H3/q;+1/p-1/b3-1+,12-2+;. The van der Waals surface area contributed by atoms with E-state index < -0.39 is 0 Å². The van der Waals surface area contributed by atoms with Crippen molar-refractivity contribution in [2.24, 2.45) is 0 Å². The molecule has 0 fully saturated rings. The Morgan fingerprint density at radius 1 is 0.639 bits per heavy atom. The fraction of sp³-hybridized carbons (Fsp3) is 0.258. The van der Waals surface area contributed by atoms with E-state index >= 15 is 0 Å². The van der Waals surface area contributed by atoms with Gasteiger partial charge in [-0.25, -0.2) is 0 Å². The monoisotopic (exact) mass is 483 g/mol. The average molecular weight is 484 g/mol. The molecule has 0 heterocycles. The third kappa shape index (κ3) is 5.21. The molecule has 4 rings (SSSR count). The number of benzene rings is 2. The second kappa shape index (κ2) is 11.7. The van der Waals surface area contributed by atoms with Crippen LogP contribution in [0.25, 0.3) is 5.76 Å². The molecule has 0 N–H and O–H groups in total. The molecule has 2 aliphatic carbocycles. The molecule has 2 aromatic carbocycles. The van der Waals surface area contributed by atoms with Gasteiger partial charge in [-0.1, -0.05) is 78.6 Å². The minimum absolute atomic E-state index is 0.105. The first-order valence-electron chi connectivity index (χ1n) is 12.5. The number of nitrogens with zero attached hydrogens (tertiary/aromatic N) is 1. The summed E-state index contributed by atoms with van der Waals surface area (Å²) in [6.45, 7) is 14.2. The second-order valence-electron chi connectivity index (χ2n) is 8.75. The van der Waals surface area contributed by atoms with Gasteiger partial charge in [-0.3, -0.25) is 14.4 Å². The normalized spacial score (nSPS) is 15.0. The number of carbonyl (C=O) groups is 3. The number of allylic oxidation sites excluding steroid dienone is 7. The van der Waals surface area contributed by atoms with Gasteiger partial charge < -0.3 is 9.59 Å². The molecule has 5 nitrogen and oxygen atoms in total. The van der Waals surface area contributed by atoms with Crippen LogP contribution in [0, 0.1) is 0 Å². The van der Waals surface area contributed by atoms with E-state index in [9.17, 15) is 19.5 Å². The van der Waals surface area contributed by atoms with Crippen molar-refractivity contribution in [1.29, 1.82) is 0 Å². The van der Waals surface area contributed by atoms with E-state index in [-0.39, 0.29) is 34.3 Å². The number of hydrogen-bond acceptors (Lipinski definition) is 4. The predicted octanol–water partition coefficient (Wildman–Crippen LogP) is 4.96. The van der Waals surface area contributed by atoms with Crippen molar-refractivity contribution in [2.45, 2.75) is 27.7 Å². The van der Waals surface area contributed by atoms with E-state index in [0.717, 1.165) is 0 Å². The summed E-state index contributed by atoms with van der Waals surface area (Å²) in [5.41, 5.74) is 1.85. The summed E-state index contributed by atoms with van der Waals surface area (Å²) >= 11 is 0. The summed E-state index contributed by atoms with van der Waals surface area (Å²) in [6, 6.07) is 13.4. The van der Waals surface area contributed by atoms with Crippen LogP contribution in [0.3, 0.4) is 0 Å². The third-order valence-corrected chi connectivity index (χ3v) is 7.24. The molecule has 2 aliphatic rings. The molecule has 5 heteroatoms. The molecule has 36 heavy (non-hydrogen) atoms. The molecule has 186 valence electrons. The lowest BCUT2D eigenvalue weighted by molar-refractivity contribution is -0.921. The highest BCUT2D eigenvalue weighted by molar-refractivity contribution is 6.39. The van der Waals surface area contributed by atoms with Crippen LogP contribution >= 0.6 is 0 Å². The van der Waals surface area contributed by atoms with Crippen LogP contribution in [-0.2, 0) is 0 Å². The lowest BCUT2D eigenvalue weighted by atomic mass is 10.1. The second-order valence-corrected chi connectivity index (χ2v) is 8.75. The molecule has 0 radical (unpaired) electrons. The number of ketones is 3. The number of quaternary nitrogens is 1. The van der Waals surface area contributed by atoms with Crippen molar-refractivity contribution >= 4 is 23.1 Å². The molecule has 0 spiro atoms. The van der Waals surface area contributed by atoms with Crippen LogP contribution in [0.5, 0.6) is 0 Å². The van der Waals surface area contributed by atoms with Crippen molar-refractivity contribution in [1.82, 2.24) is 0 Å². The zero-order valence-corrected chi connectivity index (χ0v) is 21.4. The maximum Gasteiger partial charge on any atom is 0.197 e. The van der Waals surface area contributed by atoms with E-state index in [1.807, 2.05) is 0 Å². The first-order chi connectivity index (χ1) is 17.3. The Morgan fingerprint density at radius 3 is 1.50 bits per heavy atom. The molecule has 0 atom stereocenters. The number of fused-ring (bicyclic) bond motifs is 2. The maximum atomic E-state index is 12.3. The van der Waals surface area contributed by atoms with Gasteiger partial charge in [-0.15, -0.1) is 0 Å². The van der Waals surface area contributed by atoms with Crippen LogP contribution in [0.2, 0.25) is 0 Å². The van der Waals surface area contributed by atoms with Gasteiger partial charge in [-0.2, -0.15) is 0 Å².